The number of nitrogens with one attached hydrogen (secondary N) is 3. The average Bonchev–Trinajstić information content (AvgIpc) is 4.16. The third-order valence-corrected chi connectivity index (χ3v) is 10.9. The summed E-state index contributed by atoms with van der Waals surface area (Å²) in [5.74, 6) is 4.72. The van der Waals surface area contributed by atoms with Gasteiger partial charge in [0.15, 0.2) is 0 Å². The van der Waals surface area contributed by atoms with Crippen LogP contribution in [0.2, 0.25) is 0 Å². The molecule has 0 saturated carbocycles. The van der Waals surface area contributed by atoms with E-state index in [1.807, 2.05) is 101 Å². The van der Waals surface area contributed by atoms with Crippen molar-refractivity contribution < 1.29 is 0 Å². The molecule has 10 heterocycles. The highest BCUT2D eigenvalue weighted by atomic mass is 16.1. The first-order valence-electron chi connectivity index (χ1n) is 23.1. The second-order valence-electron chi connectivity index (χ2n) is 17.9. The van der Waals surface area contributed by atoms with E-state index in [4.69, 9.17) is 0 Å². The van der Waals surface area contributed by atoms with Crippen LogP contribution in [0, 0.1) is 0 Å². The number of hydrogen-bond acceptors (Lipinski definition) is 8. The minimum absolute atomic E-state index is 0.0220. The third kappa shape index (κ3) is 14.4. The van der Waals surface area contributed by atoms with Crippen molar-refractivity contribution in [2.24, 2.45) is 0 Å². The molecular weight excluding hydrogens is 833 g/mol. The molecule has 0 unspecified atom stereocenters. The molecule has 13 heteroatoms. The molecule has 350 valence electrons. The molecule has 10 rings (SSSR count). The minimum Gasteiger partial charge on any atom is -0.346 e. The number of H-pyrrole nitrogens is 3. The lowest BCUT2D eigenvalue weighted by atomic mass is 10.0. The molecular formula is C54H68N12O. The Balaban J connectivity index is 0.000000151. The zero-order valence-electron chi connectivity index (χ0n) is 41.2. The summed E-state index contributed by atoms with van der Waals surface area (Å²) in [5.41, 5.74) is 9.55. The molecule has 13 nitrogen and oxygen atoms in total. The summed E-state index contributed by atoms with van der Waals surface area (Å²) >= 11 is 0. The van der Waals surface area contributed by atoms with Crippen molar-refractivity contribution in [2.45, 2.75) is 119 Å². The molecule has 67 heavy (non-hydrogen) atoms. The Hall–Kier alpha value is -7.28. The molecule has 0 fully saturated rings. The fraction of sp³-hybridized carbons (Fsp3) is 0.333. The molecule has 0 aliphatic carbocycles. The van der Waals surface area contributed by atoms with Crippen LogP contribution in [-0.4, -0.2) is 58.6 Å². The second kappa shape index (κ2) is 24.9. The van der Waals surface area contributed by atoms with E-state index < -0.39 is 0 Å². The van der Waals surface area contributed by atoms with Gasteiger partial charge in [0.2, 0.25) is 17.1 Å². The van der Waals surface area contributed by atoms with Gasteiger partial charge in [-0.3, -0.25) is 18.6 Å². The van der Waals surface area contributed by atoms with Gasteiger partial charge in [0.05, 0.1) is 6.20 Å². The number of aromatic nitrogens is 12. The van der Waals surface area contributed by atoms with E-state index in [-0.39, 0.29) is 5.56 Å². The van der Waals surface area contributed by atoms with Crippen molar-refractivity contribution in [3.05, 3.63) is 185 Å². The number of imidazole rings is 2. The molecule has 10 aromatic heterocycles. The molecule has 0 atom stereocenters. The third-order valence-electron chi connectivity index (χ3n) is 10.9. The Bertz CT molecular complexity index is 2870. The SMILES string of the molecule is CC(C)c1c[nH]c2ncccc12.CC(C)c1cc[nH]c(=O)c1.CC(C)c1ccnc2[nH]ccc12.CC(C)c1ccnc2nccn12.CC(C)c1ccncc1.CC(C)c1cnc2ncccn12. The maximum absolute atomic E-state index is 10.7. The molecule has 0 spiro atoms. The van der Waals surface area contributed by atoms with Crippen LogP contribution in [0.4, 0.5) is 0 Å². The van der Waals surface area contributed by atoms with Crippen molar-refractivity contribution >= 4 is 33.6 Å². The number of aromatic amines is 3. The van der Waals surface area contributed by atoms with Crippen LogP contribution in [-0.2, 0) is 0 Å². The van der Waals surface area contributed by atoms with E-state index in [9.17, 15) is 4.79 Å². The number of rotatable bonds is 6. The van der Waals surface area contributed by atoms with Crippen molar-refractivity contribution in [3.63, 3.8) is 0 Å². The first-order chi connectivity index (χ1) is 32.2. The predicted octanol–water partition coefficient (Wildman–Crippen LogP) is 12.8. The number of hydrogen-bond donors (Lipinski definition) is 3. The standard InChI is InChI=1S/2C10H12N2.2C9H11N3.C8H11NO.C8H11N/c1-7(2)8-3-5-11-10-9(8)4-6-12-10;1-7(2)9-6-12-10-8(9)4-3-5-11-10;1-7(2)8-3-4-10-9-11-5-6-12(8)9;1-7(2)8-6-11-9-10-4-3-5-12(8)9;1-6(2)7-3-4-9-8(10)5-7;1-7(2)8-3-5-9-6-4-8/h2*3-7H,1-2H3,(H,11,12);2*3-7H,1-2H3;3-6H,1-2H3,(H,9,10);3-7H,1-2H3. The molecule has 10 aromatic rings. The van der Waals surface area contributed by atoms with Gasteiger partial charge >= 0.3 is 0 Å². The predicted molar refractivity (Wildman–Crippen MR) is 274 cm³/mol. The van der Waals surface area contributed by atoms with E-state index >= 15 is 0 Å². The summed E-state index contributed by atoms with van der Waals surface area (Å²) in [4.78, 5) is 48.5. The first kappa shape index (κ1) is 50.7. The maximum Gasteiger partial charge on any atom is 0.248 e. The summed E-state index contributed by atoms with van der Waals surface area (Å²) in [6.07, 6.45) is 24.1. The Morgan fingerprint density at radius 2 is 1.03 bits per heavy atom. The molecule has 0 bridgehead atoms. The van der Waals surface area contributed by atoms with Gasteiger partial charge in [-0.05, 0) is 112 Å². The summed E-state index contributed by atoms with van der Waals surface area (Å²) in [7, 11) is 0. The van der Waals surface area contributed by atoms with Gasteiger partial charge in [0.1, 0.15) is 11.3 Å². The topological polar surface area (TPSA) is 163 Å². The highest BCUT2D eigenvalue weighted by molar-refractivity contribution is 5.80. The Kier molecular flexibility index (Phi) is 18.8. The van der Waals surface area contributed by atoms with Crippen molar-refractivity contribution in [2.75, 3.05) is 0 Å². The van der Waals surface area contributed by atoms with E-state index in [0.29, 0.717) is 35.5 Å². The fourth-order valence-corrected chi connectivity index (χ4v) is 7.11. The zero-order chi connectivity index (χ0) is 48.5. The number of nitrogens with zero attached hydrogens (tertiary/aromatic N) is 9. The van der Waals surface area contributed by atoms with Gasteiger partial charge in [0.25, 0.3) is 0 Å². The Morgan fingerprint density at radius 3 is 1.67 bits per heavy atom. The summed E-state index contributed by atoms with van der Waals surface area (Å²) in [6.45, 7) is 25.9. The molecule has 0 aliphatic rings. The first-order valence-corrected chi connectivity index (χ1v) is 23.1. The van der Waals surface area contributed by atoms with Crippen molar-refractivity contribution in [3.8, 4) is 0 Å². The molecule has 0 amide bonds. The fourth-order valence-electron chi connectivity index (χ4n) is 7.11. The van der Waals surface area contributed by atoms with Crippen LogP contribution in [0.3, 0.4) is 0 Å². The molecule has 0 radical (unpaired) electrons. The molecule has 0 aromatic carbocycles. The zero-order valence-corrected chi connectivity index (χ0v) is 41.2. The quantitative estimate of drug-likeness (QED) is 0.148. The van der Waals surface area contributed by atoms with Gasteiger partial charge in [-0.2, -0.15) is 0 Å². The lowest BCUT2D eigenvalue weighted by Gasteiger charge is -2.06. The van der Waals surface area contributed by atoms with Gasteiger partial charge in [-0.15, -0.1) is 0 Å². The average molecular weight is 901 g/mol. The Labute approximate surface area is 394 Å². The van der Waals surface area contributed by atoms with Crippen LogP contribution >= 0.6 is 0 Å². The van der Waals surface area contributed by atoms with Crippen LogP contribution in [0.25, 0.3) is 33.6 Å². The summed E-state index contributed by atoms with van der Waals surface area (Å²) < 4.78 is 4.04. The van der Waals surface area contributed by atoms with E-state index in [1.165, 1.54) is 38.9 Å². The van der Waals surface area contributed by atoms with Crippen LogP contribution in [0.15, 0.2) is 146 Å². The lowest BCUT2D eigenvalue weighted by Crippen LogP contribution is -2.04. The number of pyridine rings is 4. The van der Waals surface area contributed by atoms with E-state index in [0.717, 1.165) is 28.4 Å². The summed E-state index contributed by atoms with van der Waals surface area (Å²) in [5, 5.41) is 2.49. The highest BCUT2D eigenvalue weighted by Crippen LogP contribution is 2.24. The number of fused-ring (bicyclic) bond motifs is 4. The minimum atomic E-state index is -0.0220. The second-order valence-corrected chi connectivity index (χ2v) is 17.9. The maximum atomic E-state index is 10.7. The van der Waals surface area contributed by atoms with E-state index in [2.05, 4.69) is 151 Å². The molecule has 0 saturated heterocycles. The van der Waals surface area contributed by atoms with Crippen LogP contribution in [0.1, 0.15) is 152 Å². The van der Waals surface area contributed by atoms with Gasteiger partial charge < -0.3 is 15.0 Å². The lowest BCUT2D eigenvalue weighted by molar-refractivity contribution is 0.794. The van der Waals surface area contributed by atoms with Crippen LogP contribution < -0.4 is 5.56 Å². The van der Waals surface area contributed by atoms with Crippen molar-refractivity contribution in [1.82, 2.24) is 58.6 Å². The molecule has 0 aliphatic heterocycles. The highest BCUT2D eigenvalue weighted by Gasteiger charge is 2.08. The largest absolute Gasteiger partial charge is 0.346 e. The van der Waals surface area contributed by atoms with Gasteiger partial charge in [0, 0.05) is 103 Å². The van der Waals surface area contributed by atoms with Gasteiger partial charge in [-0.1, -0.05) is 83.1 Å². The van der Waals surface area contributed by atoms with Gasteiger partial charge in [-0.25, -0.2) is 29.9 Å². The Morgan fingerprint density at radius 1 is 0.448 bits per heavy atom. The summed E-state index contributed by atoms with van der Waals surface area (Å²) in [6, 6.07) is 19.8. The van der Waals surface area contributed by atoms with Crippen molar-refractivity contribution in [1.29, 1.82) is 0 Å². The normalized spacial score (nSPS) is 11.0. The smallest absolute Gasteiger partial charge is 0.248 e. The van der Waals surface area contributed by atoms with Crippen LogP contribution in [0.5, 0.6) is 0 Å². The monoisotopic (exact) mass is 901 g/mol. The van der Waals surface area contributed by atoms with E-state index in [1.54, 1.807) is 30.9 Å². The molecule has 3 N–H and O–H groups in total.